The van der Waals surface area contributed by atoms with Crippen LogP contribution in [0.2, 0.25) is 0 Å². The van der Waals surface area contributed by atoms with Gasteiger partial charge in [-0.2, -0.15) is 0 Å². The number of nitro benzene ring substituents is 1. The average molecular weight is 405 g/mol. The Hall–Kier alpha value is -3.89. The van der Waals surface area contributed by atoms with Crippen molar-refractivity contribution in [2.75, 3.05) is 18.5 Å². The van der Waals surface area contributed by atoms with E-state index < -0.39 is 29.3 Å². The van der Waals surface area contributed by atoms with Gasteiger partial charge >= 0.3 is 11.7 Å². The fourth-order valence-electron chi connectivity index (χ4n) is 2.51. The SMILES string of the molecule is CCOC(=O)c1c(C)oc(NC(=O)COc2cc(C)ccc2[N+](=O)[O-])c1C(N)=O. The molecule has 0 radical (unpaired) electrons. The number of nitrogens with two attached hydrogens (primary N) is 1. The van der Waals surface area contributed by atoms with Crippen molar-refractivity contribution in [3.05, 3.63) is 50.8 Å². The summed E-state index contributed by atoms with van der Waals surface area (Å²) >= 11 is 0. The smallest absolute Gasteiger partial charge is 0.342 e. The summed E-state index contributed by atoms with van der Waals surface area (Å²) in [5.74, 6) is -3.02. The number of hydrogen-bond acceptors (Lipinski definition) is 8. The molecule has 0 saturated carbocycles. The largest absolute Gasteiger partial charge is 0.477 e. The second-order valence-electron chi connectivity index (χ2n) is 5.89. The number of carbonyl (C=O) groups is 3. The zero-order chi connectivity index (χ0) is 21.7. The molecule has 2 amide bonds. The average Bonchev–Trinajstić information content (AvgIpc) is 2.96. The van der Waals surface area contributed by atoms with Crippen LogP contribution in [0.1, 0.15) is 39.0 Å². The Kier molecular flexibility index (Phi) is 6.55. The van der Waals surface area contributed by atoms with Gasteiger partial charge in [0.1, 0.15) is 16.9 Å². The molecule has 1 aromatic carbocycles. The number of hydrogen-bond donors (Lipinski definition) is 2. The molecule has 11 nitrogen and oxygen atoms in total. The number of furan rings is 1. The van der Waals surface area contributed by atoms with Crippen LogP contribution in [-0.4, -0.2) is 35.9 Å². The lowest BCUT2D eigenvalue weighted by atomic mass is 10.1. The number of nitrogens with zero attached hydrogens (tertiary/aromatic N) is 1. The first-order valence-corrected chi connectivity index (χ1v) is 8.43. The Labute approximate surface area is 164 Å². The van der Waals surface area contributed by atoms with Gasteiger partial charge in [0.05, 0.1) is 11.5 Å². The van der Waals surface area contributed by atoms with Crippen molar-refractivity contribution >= 4 is 29.4 Å². The van der Waals surface area contributed by atoms with Crippen molar-refractivity contribution in [2.24, 2.45) is 5.73 Å². The van der Waals surface area contributed by atoms with Crippen LogP contribution >= 0.6 is 0 Å². The van der Waals surface area contributed by atoms with E-state index in [-0.39, 0.29) is 40.8 Å². The summed E-state index contributed by atoms with van der Waals surface area (Å²) in [6, 6.07) is 4.21. The Bertz CT molecular complexity index is 980. The van der Waals surface area contributed by atoms with Crippen LogP contribution in [0.4, 0.5) is 11.6 Å². The number of benzene rings is 1. The van der Waals surface area contributed by atoms with Crippen molar-refractivity contribution < 1.29 is 33.2 Å². The molecule has 3 N–H and O–H groups in total. The maximum Gasteiger partial charge on any atom is 0.342 e. The van der Waals surface area contributed by atoms with E-state index in [9.17, 15) is 24.5 Å². The van der Waals surface area contributed by atoms with Gasteiger partial charge in [0.2, 0.25) is 5.88 Å². The van der Waals surface area contributed by atoms with Gasteiger partial charge in [-0.05, 0) is 32.4 Å². The predicted molar refractivity (Wildman–Crippen MR) is 99.9 cm³/mol. The molecule has 0 unspecified atom stereocenters. The molecule has 0 aliphatic rings. The molecule has 0 bridgehead atoms. The quantitative estimate of drug-likeness (QED) is 0.383. The van der Waals surface area contributed by atoms with E-state index in [1.54, 1.807) is 13.8 Å². The third-order valence-electron chi connectivity index (χ3n) is 3.73. The molecule has 1 aromatic heterocycles. The number of esters is 1. The van der Waals surface area contributed by atoms with Crippen molar-refractivity contribution in [3.8, 4) is 5.75 Å². The number of ether oxygens (including phenoxy) is 2. The van der Waals surface area contributed by atoms with Crippen LogP contribution in [0.3, 0.4) is 0 Å². The van der Waals surface area contributed by atoms with Gasteiger partial charge in [-0.15, -0.1) is 0 Å². The number of nitrogens with one attached hydrogen (secondary N) is 1. The van der Waals surface area contributed by atoms with Crippen molar-refractivity contribution in [1.29, 1.82) is 0 Å². The fraction of sp³-hybridized carbons (Fsp3) is 0.278. The first kappa shape index (κ1) is 21.4. The van der Waals surface area contributed by atoms with Gasteiger partial charge in [-0.3, -0.25) is 25.0 Å². The summed E-state index contributed by atoms with van der Waals surface area (Å²) in [5.41, 5.74) is 5.17. The maximum absolute atomic E-state index is 12.2. The fourth-order valence-corrected chi connectivity index (χ4v) is 2.51. The van der Waals surface area contributed by atoms with E-state index >= 15 is 0 Å². The molecule has 154 valence electrons. The molecular formula is C18H19N3O8. The van der Waals surface area contributed by atoms with Gasteiger partial charge in [-0.1, -0.05) is 6.07 Å². The summed E-state index contributed by atoms with van der Waals surface area (Å²) in [5, 5.41) is 13.3. The van der Waals surface area contributed by atoms with Crippen molar-refractivity contribution in [2.45, 2.75) is 20.8 Å². The first-order chi connectivity index (χ1) is 13.6. The molecule has 0 atom stereocenters. The molecule has 1 heterocycles. The lowest BCUT2D eigenvalue weighted by Crippen LogP contribution is -2.23. The first-order valence-electron chi connectivity index (χ1n) is 8.43. The monoisotopic (exact) mass is 405 g/mol. The topological polar surface area (TPSA) is 164 Å². The highest BCUT2D eigenvalue weighted by molar-refractivity contribution is 6.10. The van der Waals surface area contributed by atoms with Crippen LogP contribution in [0.5, 0.6) is 5.75 Å². The zero-order valence-corrected chi connectivity index (χ0v) is 15.9. The Morgan fingerprint density at radius 1 is 1.24 bits per heavy atom. The van der Waals surface area contributed by atoms with Gasteiger partial charge in [0.25, 0.3) is 11.8 Å². The Morgan fingerprint density at radius 3 is 2.52 bits per heavy atom. The molecule has 0 spiro atoms. The molecule has 0 fully saturated rings. The molecule has 0 aliphatic heterocycles. The highest BCUT2D eigenvalue weighted by Crippen LogP contribution is 2.29. The number of carbonyl (C=O) groups excluding carboxylic acids is 3. The van der Waals surface area contributed by atoms with Gasteiger partial charge in [0, 0.05) is 6.07 Å². The molecule has 0 saturated heterocycles. The van der Waals surface area contributed by atoms with Crippen LogP contribution in [0.25, 0.3) is 0 Å². The molecule has 0 aliphatic carbocycles. The normalized spacial score (nSPS) is 10.3. The maximum atomic E-state index is 12.2. The van der Waals surface area contributed by atoms with E-state index in [2.05, 4.69) is 5.32 Å². The minimum Gasteiger partial charge on any atom is -0.477 e. The second-order valence-corrected chi connectivity index (χ2v) is 5.89. The standard InChI is InChI=1S/C18H19N3O8/c1-4-27-18(24)14-10(3)29-17(15(14)16(19)23)20-13(22)8-28-12-7-9(2)5-6-11(12)21(25)26/h5-7H,4,8H2,1-3H3,(H2,19,23)(H,20,22). The van der Waals surface area contributed by atoms with E-state index in [0.29, 0.717) is 5.56 Å². The summed E-state index contributed by atoms with van der Waals surface area (Å²) < 4.78 is 15.4. The third-order valence-corrected chi connectivity index (χ3v) is 3.73. The lowest BCUT2D eigenvalue weighted by Gasteiger charge is -2.08. The van der Waals surface area contributed by atoms with E-state index in [1.165, 1.54) is 25.1 Å². The number of amides is 2. The number of rotatable bonds is 8. The number of primary amides is 1. The summed E-state index contributed by atoms with van der Waals surface area (Å²) in [4.78, 5) is 46.5. The number of anilines is 1. The highest BCUT2D eigenvalue weighted by Gasteiger charge is 2.29. The number of nitro groups is 1. The molecular weight excluding hydrogens is 386 g/mol. The third kappa shape index (κ3) is 4.89. The Balaban J connectivity index is 2.21. The highest BCUT2D eigenvalue weighted by atomic mass is 16.6. The summed E-state index contributed by atoms with van der Waals surface area (Å²) in [6.07, 6.45) is 0. The van der Waals surface area contributed by atoms with Crippen LogP contribution in [0, 0.1) is 24.0 Å². The lowest BCUT2D eigenvalue weighted by molar-refractivity contribution is -0.385. The van der Waals surface area contributed by atoms with Crippen LogP contribution in [-0.2, 0) is 9.53 Å². The van der Waals surface area contributed by atoms with Crippen molar-refractivity contribution in [1.82, 2.24) is 0 Å². The predicted octanol–water partition coefficient (Wildman–Crippen LogP) is 2.10. The minimum absolute atomic E-state index is 0.0304. The molecule has 29 heavy (non-hydrogen) atoms. The van der Waals surface area contributed by atoms with Crippen molar-refractivity contribution in [3.63, 3.8) is 0 Å². The second kappa shape index (κ2) is 8.87. The van der Waals surface area contributed by atoms with E-state index in [0.717, 1.165) is 0 Å². The summed E-state index contributed by atoms with van der Waals surface area (Å²) in [6.45, 7) is 4.14. The number of aryl methyl sites for hydroxylation is 2. The van der Waals surface area contributed by atoms with Gasteiger partial charge in [0.15, 0.2) is 12.4 Å². The Morgan fingerprint density at radius 2 is 1.93 bits per heavy atom. The van der Waals surface area contributed by atoms with Crippen LogP contribution in [0.15, 0.2) is 22.6 Å². The van der Waals surface area contributed by atoms with Crippen LogP contribution < -0.4 is 15.8 Å². The van der Waals surface area contributed by atoms with Gasteiger partial charge in [-0.25, -0.2) is 4.79 Å². The van der Waals surface area contributed by atoms with E-state index in [1.807, 2.05) is 0 Å². The molecule has 2 aromatic rings. The van der Waals surface area contributed by atoms with E-state index in [4.69, 9.17) is 19.6 Å². The summed E-state index contributed by atoms with van der Waals surface area (Å²) in [7, 11) is 0. The minimum atomic E-state index is -1.00. The molecule has 2 rings (SSSR count). The van der Waals surface area contributed by atoms with Gasteiger partial charge < -0.3 is 19.6 Å². The molecule has 11 heteroatoms. The zero-order valence-electron chi connectivity index (χ0n) is 15.9.